The molecule has 1 unspecified atom stereocenters. The van der Waals surface area contributed by atoms with Crippen molar-refractivity contribution in [3.05, 3.63) is 30.1 Å². The zero-order valence-electron chi connectivity index (χ0n) is 11.6. The van der Waals surface area contributed by atoms with Gasteiger partial charge in [0, 0.05) is 23.2 Å². The van der Waals surface area contributed by atoms with Crippen LogP contribution in [0.15, 0.2) is 24.4 Å². The van der Waals surface area contributed by atoms with Gasteiger partial charge in [0.1, 0.15) is 5.37 Å². The number of pyridine rings is 1. The van der Waals surface area contributed by atoms with Crippen LogP contribution in [0.5, 0.6) is 0 Å². The Kier molecular flexibility index (Phi) is 4.79. The number of hydrogen-bond acceptors (Lipinski definition) is 4. The third-order valence-electron chi connectivity index (χ3n) is 2.78. The Hall–Kier alpha value is -0.680. The zero-order chi connectivity index (χ0) is 13.9. The Morgan fingerprint density at radius 2 is 2.26 bits per heavy atom. The highest BCUT2D eigenvalue weighted by Gasteiger charge is 2.33. The zero-order valence-corrected chi connectivity index (χ0v) is 13.3. The van der Waals surface area contributed by atoms with Crippen LogP contribution in [0, 0.1) is 0 Å². The standard InChI is InChI=1S/C14H20N2OS2/c1-14(2,3)19-9-8-16-12(17)10-18-13(16)11-6-4-5-7-15-11/h4-7,13H,8-10H2,1-3H3. The summed E-state index contributed by atoms with van der Waals surface area (Å²) < 4.78 is 0.246. The van der Waals surface area contributed by atoms with Crippen molar-refractivity contribution in [1.29, 1.82) is 0 Å². The molecule has 0 aliphatic carbocycles. The Morgan fingerprint density at radius 1 is 1.47 bits per heavy atom. The lowest BCUT2D eigenvalue weighted by Crippen LogP contribution is -2.31. The summed E-state index contributed by atoms with van der Waals surface area (Å²) in [5.41, 5.74) is 0.985. The average Bonchev–Trinajstić information content (AvgIpc) is 2.71. The molecule has 0 aromatic carbocycles. The molecule has 0 bridgehead atoms. The van der Waals surface area contributed by atoms with Crippen molar-refractivity contribution in [2.45, 2.75) is 30.9 Å². The first-order chi connectivity index (χ1) is 8.97. The number of amides is 1. The van der Waals surface area contributed by atoms with Gasteiger partial charge in [0.15, 0.2) is 0 Å². The first-order valence-corrected chi connectivity index (χ1v) is 8.47. The van der Waals surface area contributed by atoms with Gasteiger partial charge in [-0.15, -0.1) is 11.8 Å². The van der Waals surface area contributed by atoms with Crippen LogP contribution in [-0.2, 0) is 4.79 Å². The number of rotatable bonds is 4. The van der Waals surface area contributed by atoms with Crippen molar-refractivity contribution in [2.75, 3.05) is 18.1 Å². The molecule has 0 N–H and O–H groups in total. The van der Waals surface area contributed by atoms with Gasteiger partial charge in [-0.05, 0) is 12.1 Å². The second-order valence-corrected chi connectivity index (χ2v) is 8.46. The van der Waals surface area contributed by atoms with E-state index >= 15 is 0 Å². The molecule has 0 spiro atoms. The molecule has 19 heavy (non-hydrogen) atoms. The van der Waals surface area contributed by atoms with Crippen molar-refractivity contribution in [3.8, 4) is 0 Å². The summed E-state index contributed by atoms with van der Waals surface area (Å²) in [5, 5.41) is 0.0919. The summed E-state index contributed by atoms with van der Waals surface area (Å²) in [7, 11) is 0. The third-order valence-corrected chi connectivity index (χ3v) is 5.25. The van der Waals surface area contributed by atoms with Gasteiger partial charge in [-0.2, -0.15) is 11.8 Å². The van der Waals surface area contributed by atoms with E-state index in [1.165, 1.54) is 0 Å². The van der Waals surface area contributed by atoms with Gasteiger partial charge < -0.3 is 4.90 Å². The highest BCUT2D eigenvalue weighted by atomic mass is 32.2. The second-order valence-electron chi connectivity index (χ2n) is 5.47. The van der Waals surface area contributed by atoms with Crippen LogP contribution in [-0.4, -0.2) is 38.6 Å². The molecule has 1 aromatic rings. The molecule has 1 amide bonds. The van der Waals surface area contributed by atoms with E-state index in [1.807, 2.05) is 34.9 Å². The Labute approximate surface area is 123 Å². The first kappa shape index (κ1) is 14.7. The van der Waals surface area contributed by atoms with E-state index in [0.29, 0.717) is 5.75 Å². The molecular weight excluding hydrogens is 276 g/mol. The van der Waals surface area contributed by atoms with Crippen molar-refractivity contribution in [3.63, 3.8) is 0 Å². The number of thioether (sulfide) groups is 2. The maximum Gasteiger partial charge on any atom is 0.233 e. The number of aromatic nitrogens is 1. The number of carbonyl (C=O) groups excluding carboxylic acids is 1. The molecule has 2 rings (SSSR count). The van der Waals surface area contributed by atoms with E-state index < -0.39 is 0 Å². The highest BCUT2D eigenvalue weighted by Crippen LogP contribution is 2.37. The lowest BCUT2D eigenvalue weighted by Gasteiger charge is -2.25. The number of hydrogen-bond donors (Lipinski definition) is 0. The average molecular weight is 296 g/mol. The molecule has 104 valence electrons. The Bertz CT molecular complexity index is 431. The maximum atomic E-state index is 12.0. The summed E-state index contributed by atoms with van der Waals surface area (Å²) in [6.45, 7) is 7.41. The predicted molar refractivity (Wildman–Crippen MR) is 83.4 cm³/mol. The molecule has 3 nitrogen and oxygen atoms in total. The molecular formula is C14H20N2OS2. The lowest BCUT2D eigenvalue weighted by molar-refractivity contribution is -0.127. The summed E-state index contributed by atoms with van der Waals surface area (Å²) in [5.74, 6) is 1.77. The normalized spacial score (nSPS) is 20.1. The van der Waals surface area contributed by atoms with Crippen molar-refractivity contribution in [1.82, 2.24) is 9.88 Å². The van der Waals surface area contributed by atoms with Crippen LogP contribution in [0.1, 0.15) is 31.8 Å². The lowest BCUT2D eigenvalue weighted by atomic mass is 10.3. The number of carbonyl (C=O) groups is 1. The van der Waals surface area contributed by atoms with E-state index in [0.717, 1.165) is 18.0 Å². The molecule has 1 aromatic heterocycles. The summed E-state index contributed by atoms with van der Waals surface area (Å²) >= 11 is 3.57. The molecule has 2 heterocycles. The van der Waals surface area contributed by atoms with Gasteiger partial charge in [-0.25, -0.2) is 0 Å². The van der Waals surface area contributed by atoms with E-state index in [1.54, 1.807) is 18.0 Å². The maximum absolute atomic E-state index is 12.0. The van der Waals surface area contributed by atoms with Gasteiger partial charge in [0.05, 0.1) is 11.4 Å². The van der Waals surface area contributed by atoms with Gasteiger partial charge >= 0.3 is 0 Å². The fourth-order valence-corrected chi connectivity index (χ4v) is 3.99. The summed E-state index contributed by atoms with van der Waals surface area (Å²) in [6, 6.07) is 5.89. The van der Waals surface area contributed by atoms with Gasteiger partial charge in [-0.1, -0.05) is 26.8 Å². The van der Waals surface area contributed by atoms with E-state index in [2.05, 4.69) is 25.8 Å². The van der Waals surface area contributed by atoms with Crippen LogP contribution in [0.3, 0.4) is 0 Å². The minimum atomic E-state index is 0.0919. The third kappa shape index (κ3) is 4.14. The quantitative estimate of drug-likeness (QED) is 0.854. The monoisotopic (exact) mass is 296 g/mol. The smallest absolute Gasteiger partial charge is 0.233 e. The van der Waals surface area contributed by atoms with Gasteiger partial charge in [-0.3, -0.25) is 9.78 Å². The minimum absolute atomic E-state index is 0.0919. The second kappa shape index (κ2) is 6.18. The van der Waals surface area contributed by atoms with Crippen LogP contribution < -0.4 is 0 Å². The number of nitrogens with zero attached hydrogens (tertiary/aromatic N) is 2. The van der Waals surface area contributed by atoms with Crippen LogP contribution in [0.4, 0.5) is 0 Å². The fraction of sp³-hybridized carbons (Fsp3) is 0.571. The molecule has 1 aliphatic heterocycles. The molecule has 0 saturated carbocycles. The van der Waals surface area contributed by atoms with E-state index in [9.17, 15) is 4.79 Å². The van der Waals surface area contributed by atoms with Crippen LogP contribution in [0.25, 0.3) is 0 Å². The molecule has 0 radical (unpaired) electrons. The SMILES string of the molecule is CC(C)(C)SCCN1C(=O)CSC1c1ccccn1. The van der Waals surface area contributed by atoms with E-state index in [4.69, 9.17) is 0 Å². The molecule has 1 atom stereocenters. The Balaban J connectivity index is 1.98. The van der Waals surface area contributed by atoms with Gasteiger partial charge in [0.25, 0.3) is 0 Å². The van der Waals surface area contributed by atoms with E-state index in [-0.39, 0.29) is 16.0 Å². The van der Waals surface area contributed by atoms with Crippen LogP contribution >= 0.6 is 23.5 Å². The van der Waals surface area contributed by atoms with Gasteiger partial charge in [0.2, 0.25) is 5.91 Å². The fourth-order valence-electron chi connectivity index (χ4n) is 1.91. The topological polar surface area (TPSA) is 33.2 Å². The molecule has 5 heteroatoms. The summed E-state index contributed by atoms with van der Waals surface area (Å²) in [4.78, 5) is 18.3. The molecule has 1 fully saturated rings. The molecule has 1 saturated heterocycles. The van der Waals surface area contributed by atoms with Crippen molar-refractivity contribution >= 4 is 29.4 Å². The predicted octanol–water partition coefficient (Wildman–Crippen LogP) is 3.19. The minimum Gasteiger partial charge on any atom is -0.323 e. The Morgan fingerprint density at radius 3 is 2.89 bits per heavy atom. The van der Waals surface area contributed by atoms with Crippen LogP contribution in [0.2, 0.25) is 0 Å². The summed E-state index contributed by atoms with van der Waals surface area (Å²) in [6.07, 6.45) is 1.79. The highest BCUT2D eigenvalue weighted by molar-refractivity contribution is 8.01. The molecule has 1 aliphatic rings. The largest absolute Gasteiger partial charge is 0.323 e. The van der Waals surface area contributed by atoms with Crippen molar-refractivity contribution < 1.29 is 4.79 Å². The first-order valence-electron chi connectivity index (χ1n) is 6.43. The van der Waals surface area contributed by atoms with Crippen molar-refractivity contribution in [2.24, 2.45) is 0 Å².